The lowest BCUT2D eigenvalue weighted by atomic mass is 9.98. The molecular formula is C39H53N5O2. The molecule has 3 N–H and O–H groups in total. The Morgan fingerprint density at radius 3 is 2.26 bits per heavy atom. The number of nitrogens with zero attached hydrogens (tertiary/aromatic N) is 2. The van der Waals surface area contributed by atoms with Crippen molar-refractivity contribution in [1.82, 2.24) is 20.3 Å². The van der Waals surface area contributed by atoms with Gasteiger partial charge in [-0.15, -0.1) is 0 Å². The van der Waals surface area contributed by atoms with Crippen molar-refractivity contribution in [2.24, 2.45) is 0 Å². The summed E-state index contributed by atoms with van der Waals surface area (Å²) in [5.41, 5.74) is 4.44. The third-order valence-corrected chi connectivity index (χ3v) is 8.04. The minimum atomic E-state index is -0.445. The highest BCUT2D eigenvalue weighted by Crippen LogP contribution is 2.33. The van der Waals surface area contributed by atoms with Gasteiger partial charge in [-0.2, -0.15) is 0 Å². The number of H-pyrrole nitrogens is 1. The van der Waals surface area contributed by atoms with E-state index in [9.17, 15) is 4.79 Å². The summed E-state index contributed by atoms with van der Waals surface area (Å²) < 4.78 is 5.26. The maximum absolute atomic E-state index is 11.7. The average molecular weight is 624 g/mol. The van der Waals surface area contributed by atoms with Crippen LogP contribution in [0.3, 0.4) is 0 Å². The van der Waals surface area contributed by atoms with Crippen molar-refractivity contribution in [3.8, 4) is 11.8 Å². The van der Waals surface area contributed by atoms with E-state index < -0.39 is 5.60 Å². The van der Waals surface area contributed by atoms with Crippen LogP contribution in [-0.2, 0) is 4.74 Å². The number of carbonyl (C=O) groups is 1. The SMILES string of the molecule is CCCC(CCC)c1nc2c([nH]1)c(Nc1ccc(C#CCCCCCCCCCNC(=O)OC(C)(C)C)cc1)nc1ccccc12. The van der Waals surface area contributed by atoms with Gasteiger partial charge in [0.1, 0.15) is 22.5 Å². The maximum Gasteiger partial charge on any atom is 0.407 e. The molecule has 0 unspecified atom stereocenters. The number of pyridine rings is 1. The molecule has 7 nitrogen and oxygen atoms in total. The summed E-state index contributed by atoms with van der Waals surface area (Å²) in [6.07, 6.45) is 13.2. The average Bonchev–Trinajstić information content (AvgIpc) is 3.48. The molecule has 0 spiro atoms. The molecule has 2 heterocycles. The number of hydrogen-bond acceptors (Lipinski definition) is 5. The molecule has 0 aliphatic heterocycles. The van der Waals surface area contributed by atoms with Crippen molar-refractivity contribution in [2.45, 2.75) is 123 Å². The second-order valence-electron chi connectivity index (χ2n) is 13.3. The Balaban J connectivity index is 1.23. The highest BCUT2D eigenvalue weighted by molar-refractivity contribution is 6.07. The number of unbranched alkanes of at least 4 members (excludes halogenated alkanes) is 7. The Bertz CT molecular complexity index is 1580. The van der Waals surface area contributed by atoms with Crippen LogP contribution in [0.25, 0.3) is 21.9 Å². The molecule has 0 aliphatic carbocycles. The Morgan fingerprint density at radius 1 is 0.891 bits per heavy atom. The van der Waals surface area contributed by atoms with Crippen LogP contribution < -0.4 is 10.6 Å². The first-order valence-electron chi connectivity index (χ1n) is 17.4. The van der Waals surface area contributed by atoms with Gasteiger partial charge in [0, 0.05) is 35.5 Å². The third kappa shape index (κ3) is 10.8. The van der Waals surface area contributed by atoms with Crippen LogP contribution >= 0.6 is 0 Å². The van der Waals surface area contributed by atoms with E-state index in [0.29, 0.717) is 12.5 Å². The molecule has 4 aromatic rings. The Morgan fingerprint density at radius 2 is 1.57 bits per heavy atom. The molecule has 0 bridgehead atoms. The predicted octanol–water partition coefficient (Wildman–Crippen LogP) is 10.5. The fourth-order valence-electron chi connectivity index (χ4n) is 5.77. The summed E-state index contributed by atoms with van der Waals surface area (Å²) in [5.74, 6) is 8.96. The van der Waals surface area contributed by atoms with E-state index in [1.165, 1.54) is 25.7 Å². The summed E-state index contributed by atoms with van der Waals surface area (Å²) in [6, 6.07) is 16.5. The number of hydrogen-bond donors (Lipinski definition) is 3. The third-order valence-electron chi connectivity index (χ3n) is 8.04. The lowest BCUT2D eigenvalue weighted by molar-refractivity contribution is 0.0527. The van der Waals surface area contributed by atoms with E-state index in [-0.39, 0.29) is 6.09 Å². The van der Waals surface area contributed by atoms with E-state index in [0.717, 1.165) is 96.2 Å². The number of alkyl carbamates (subject to hydrolysis) is 1. The van der Waals surface area contributed by atoms with Crippen molar-refractivity contribution >= 4 is 39.5 Å². The number of imidazole rings is 1. The van der Waals surface area contributed by atoms with Crippen LogP contribution in [0, 0.1) is 11.8 Å². The molecule has 2 aromatic heterocycles. The molecule has 4 rings (SSSR count). The Kier molecular flexibility index (Phi) is 13.3. The largest absolute Gasteiger partial charge is 0.444 e. The molecule has 0 saturated carbocycles. The van der Waals surface area contributed by atoms with Gasteiger partial charge in [0.15, 0.2) is 5.82 Å². The number of amides is 1. The van der Waals surface area contributed by atoms with E-state index in [1.807, 2.05) is 26.8 Å². The van der Waals surface area contributed by atoms with Crippen molar-refractivity contribution in [2.75, 3.05) is 11.9 Å². The fraction of sp³-hybridized carbons (Fsp3) is 0.513. The van der Waals surface area contributed by atoms with Gasteiger partial charge in [0.05, 0.1) is 5.52 Å². The minimum absolute atomic E-state index is 0.327. The van der Waals surface area contributed by atoms with Crippen LogP contribution in [0.2, 0.25) is 0 Å². The molecule has 0 fully saturated rings. The van der Waals surface area contributed by atoms with Gasteiger partial charge in [0.25, 0.3) is 0 Å². The summed E-state index contributed by atoms with van der Waals surface area (Å²) in [7, 11) is 0. The number of ether oxygens (including phenoxy) is 1. The van der Waals surface area contributed by atoms with E-state index in [2.05, 4.69) is 83.8 Å². The molecule has 0 radical (unpaired) electrons. The molecule has 1 amide bonds. The molecule has 246 valence electrons. The number of para-hydroxylation sites is 1. The number of aromatic amines is 1. The van der Waals surface area contributed by atoms with E-state index in [4.69, 9.17) is 14.7 Å². The number of carbonyl (C=O) groups excluding carboxylic acids is 1. The molecule has 0 atom stereocenters. The second-order valence-corrected chi connectivity index (χ2v) is 13.3. The monoisotopic (exact) mass is 623 g/mol. The number of fused-ring (bicyclic) bond motifs is 3. The van der Waals surface area contributed by atoms with Crippen molar-refractivity contribution in [3.63, 3.8) is 0 Å². The van der Waals surface area contributed by atoms with Gasteiger partial charge in [-0.3, -0.25) is 0 Å². The van der Waals surface area contributed by atoms with Crippen molar-refractivity contribution < 1.29 is 9.53 Å². The topological polar surface area (TPSA) is 91.9 Å². The van der Waals surface area contributed by atoms with Gasteiger partial charge < -0.3 is 20.4 Å². The molecule has 46 heavy (non-hydrogen) atoms. The predicted molar refractivity (Wildman–Crippen MR) is 192 cm³/mol. The summed E-state index contributed by atoms with van der Waals surface area (Å²) >= 11 is 0. The normalized spacial score (nSPS) is 11.5. The fourth-order valence-corrected chi connectivity index (χ4v) is 5.77. The van der Waals surface area contributed by atoms with Crippen molar-refractivity contribution in [3.05, 3.63) is 59.9 Å². The summed E-state index contributed by atoms with van der Waals surface area (Å²) in [5, 5.41) is 7.46. The number of rotatable bonds is 16. The van der Waals surface area contributed by atoms with Gasteiger partial charge in [-0.25, -0.2) is 14.8 Å². The van der Waals surface area contributed by atoms with Crippen LogP contribution in [0.1, 0.15) is 129 Å². The lowest BCUT2D eigenvalue weighted by Crippen LogP contribution is -2.32. The maximum atomic E-state index is 11.7. The summed E-state index contributed by atoms with van der Waals surface area (Å²) in [6.45, 7) is 10.8. The second kappa shape index (κ2) is 17.6. The zero-order valence-corrected chi connectivity index (χ0v) is 28.6. The van der Waals surface area contributed by atoms with Crippen LogP contribution in [0.4, 0.5) is 16.3 Å². The van der Waals surface area contributed by atoms with Gasteiger partial charge in [-0.05, 0) is 76.8 Å². The van der Waals surface area contributed by atoms with Crippen LogP contribution in [-0.4, -0.2) is 33.2 Å². The summed E-state index contributed by atoms with van der Waals surface area (Å²) in [4.78, 5) is 25.4. The van der Waals surface area contributed by atoms with Gasteiger partial charge in [-0.1, -0.05) is 88.8 Å². The highest BCUT2D eigenvalue weighted by Gasteiger charge is 2.19. The highest BCUT2D eigenvalue weighted by atomic mass is 16.6. The molecule has 7 heteroatoms. The zero-order valence-electron chi connectivity index (χ0n) is 28.6. The van der Waals surface area contributed by atoms with E-state index in [1.54, 1.807) is 0 Å². The zero-order chi connectivity index (χ0) is 32.8. The van der Waals surface area contributed by atoms with Crippen LogP contribution in [0.15, 0.2) is 48.5 Å². The number of benzene rings is 2. The quantitative estimate of drug-likeness (QED) is 0.0853. The Labute approximate surface area is 275 Å². The van der Waals surface area contributed by atoms with Gasteiger partial charge in [0.2, 0.25) is 0 Å². The number of nitrogens with one attached hydrogen (secondary N) is 3. The standard InChI is InChI=1S/C39H53N5O2/c1-6-19-30(20-7-2)36-43-34-32-22-16-17-23-33(32)42-37(35(34)44-36)41-31-26-24-29(25-27-31)21-15-13-11-9-8-10-12-14-18-28-40-38(45)46-39(3,4)5/h16-17,22-27,30H,6-14,18-20,28H2,1-5H3,(H,40,45)(H,41,42)(H,43,44). The van der Waals surface area contributed by atoms with Crippen LogP contribution in [0.5, 0.6) is 0 Å². The van der Waals surface area contributed by atoms with Crippen molar-refractivity contribution in [1.29, 1.82) is 0 Å². The first kappa shape index (κ1) is 34.8. The first-order chi connectivity index (χ1) is 22.3. The lowest BCUT2D eigenvalue weighted by Gasteiger charge is -2.19. The van der Waals surface area contributed by atoms with Gasteiger partial charge >= 0.3 is 6.09 Å². The molecule has 0 saturated heterocycles. The number of aromatic nitrogens is 3. The smallest absolute Gasteiger partial charge is 0.407 e. The molecule has 0 aliphatic rings. The molecule has 2 aromatic carbocycles. The minimum Gasteiger partial charge on any atom is -0.444 e. The first-order valence-corrected chi connectivity index (χ1v) is 17.4. The number of anilines is 2. The van der Waals surface area contributed by atoms with E-state index >= 15 is 0 Å². The molecular weight excluding hydrogens is 570 g/mol. The Hall–Kier alpha value is -4.05.